The molecule has 4 heteroatoms. The van der Waals surface area contributed by atoms with Crippen molar-refractivity contribution in [1.82, 2.24) is 5.32 Å². The molecule has 0 radical (unpaired) electrons. The Bertz CT molecular complexity index is 425. The van der Waals surface area contributed by atoms with Crippen LogP contribution in [-0.4, -0.2) is 17.2 Å². The third-order valence-electron chi connectivity index (χ3n) is 3.31. The zero-order valence-electron chi connectivity index (χ0n) is 10.6. The minimum absolute atomic E-state index is 0.204. The van der Waals surface area contributed by atoms with E-state index in [-0.39, 0.29) is 11.8 Å². The minimum Gasteiger partial charge on any atom is -0.508 e. The molecule has 2 N–H and O–H groups in total. The van der Waals surface area contributed by atoms with Crippen LogP contribution in [0, 0.1) is 6.92 Å². The zero-order valence-corrected chi connectivity index (χ0v) is 10.6. The number of benzene rings is 1. The number of phenolic OH excluding ortho intramolecular Hbond substituents is 1. The number of carbonyl (C=O) groups is 1. The summed E-state index contributed by atoms with van der Waals surface area (Å²) in [5, 5.41) is 12.3. The van der Waals surface area contributed by atoms with Gasteiger partial charge in [0.25, 0.3) is 0 Å². The van der Waals surface area contributed by atoms with E-state index in [0.717, 1.165) is 12.8 Å². The van der Waals surface area contributed by atoms with E-state index in [1.165, 1.54) is 25.3 Å². The van der Waals surface area contributed by atoms with Gasteiger partial charge in [-0.25, -0.2) is 4.79 Å². The number of phenols is 1. The fourth-order valence-corrected chi connectivity index (χ4v) is 2.24. The van der Waals surface area contributed by atoms with E-state index in [9.17, 15) is 9.90 Å². The molecule has 0 aliphatic heterocycles. The maximum Gasteiger partial charge on any atom is 0.412 e. The molecule has 0 bridgehead atoms. The van der Waals surface area contributed by atoms with E-state index in [4.69, 9.17) is 4.74 Å². The molecule has 0 saturated heterocycles. The minimum atomic E-state index is -0.410. The van der Waals surface area contributed by atoms with Crippen LogP contribution in [0.1, 0.15) is 37.7 Å². The molecule has 1 amide bonds. The molecule has 1 aromatic rings. The lowest BCUT2D eigenvalue weighted by Crippen LogP contribution is -2.37. The second kappa shape index (κ2) is 5.76. The van der Waals surface area contributed by atoms with Gasteiger partial charge in [-0.1, -0.05) is 19.3 Å². The van der Waals surface area contributed by atoms with Gasteiger partial charge in [-0.3, -0.25) is 0 Å². The molecule has 0 heterocycles. The number of rotatable bonds is 2. The van der Waals surface area contributed by atoms with Gasteiger partial charge >= 0.3 is 6.09 Å². The Balaban J connectivity index is 1.88. The zero-order chi connectivity index (χ0) is 13.0. The Hall–Kier alpha value is -1.71. The molecule has 1 saturated carbocycles. The Morgan fingerprint density at radius 3 is 2.72 bits per heavy atom. The van der Waals surface area contributed by atoms with Gasteiger partial charge in [0.2, 0.25) is 0 Å². The highest BCUT2D eigenvalue weighted by atomic mass is 16.6. The van der Waals surface area contributed by atoms with Crippen LogP contribution in [0.3, 0.4) is 0 Å². The van der Waals surface area contributed by atoms with Crippen molar-refractivity contribution in [1.29, 1.82) is 0 Å². The molecule has 4 nitrogen and oxygen atoms in total. The lowest BCUT2D eigenvalue weighted by Gasteiger charge is -2.22. The molecule has 0 spiro atoms. The van der Waals surface area contributed by atoms with Crippen LogP contribution < -0.4 is 10.1 Å². The first kappa shape index (κ1) is 12.7. The van der Waals surface area contributed by atoms with Crippen molar-refractivity contribution in [2.45, 2.75) is 45.1 Å². The largest absolute Gasteiger partial charge is 0.508 e. The summed E-state index contributed by atoms with van der Waals surface area (Å²) < 4.78 is 5.19. The molecule has 2 rings (SSSR count). The van der Waals surface area contributed by atoms with Gasteiger partial charge < -0.3 is 15.2 Å². The van der Waals surface area contributed by atoms with Crippen LogP contribution in [0.5, 0.6) is 11.5 Å². The van der Waals surface area contributed by atoms with Crippen LogP contribution in [0.15, 0.2) is 18.2 Å². The van der Waals surface area contributed by atoms with Gasteiger partial charge in [0.05, 0.1) is 0 Å². The summed E-state index contributed by atoms with van der Waals surface area (Å²) in [6.07, 6.45) is 5.25. The van der Waals surface area contributed by atoms with Gasteiger partial charge in [0.15, 0.2) is 0 Å². The average Bonchev–Trinajstić information content (AvgIpc) is 2.35. The normalized spacial score (nSPS) is 16.3. The summed E-state index contributed by atoms with van der Waals surface area (Å²) in [7, 11) is 0. The Morgan fingerprint density at radius 2 is 2.06 bits per heavy atom. The fraction of sp³-hybridized carbons (Fsp3) is 0.500. The van der Waals surface area contributed by atoms with Crippen molar-refractivity contribution < 1.29 is 14.6 Å². The van der Waals surface area contributed by atoms with E-state index < -0.39 is 6.09 Å². The summed E-state index contributed by atoms with van der Waals surface area (Å²) in [6.45, 7) is 1.77. The molecular weight excluding hydrogens is 230 g/mol. The third kappa shape index (κ3) is 3.39. The standard InChI is InChI=1S/C14H19NO3/c1-10-9-12(7-8-13(10)16)18-14(17)15-11-5-3-2-4-6-11/h7-9,11,16H,2-6H2,1H3,(H,15,17). The Labute approximate surface area is 107 Å². The number of aromatic hydroxyl groups is 1. The topological polar surface area (TPSA) is 58.6 Å². The Morgan fingerprint density at radius 1 is 1.33 bits per heavy atom. The fourth-order valence-electron chi connectivity index (χ4n) is 2.24. The lowest BCUT2D eigenvalue weighted by molar-refractivity contribution is 0.192. The number of hydrogen-bond acceptors (Lipinski definition) is 3. The van der Waals surface area contributed by atoms with Gasteiger partial charge in [-0.2, -0.15) is 0 Å². The third-order valence-corrected chi connectivity index (χ3v) is 3.31. The second-order valence-corrected chi connectivity index (χ2v) is 4.82. The maximum atomic E-state index is 11.7. The van der Waals surface area contributed by atoms with Crippen molar-refractivity contribution in [2.75, 3.05) is 0 Å². The highest BCUT2D eigenvalue weighted by molar-refractivity contribution is 5.70. The SMILES string of the molecule is Cc1cc(OC(=O)NC2CCCCC2)ccc1O. The van der Waals surface area contributed by atoms with Crippen molar-refractivity contribution in [3.8, 4) is 11.5 Å². The molecule has 1 aliphatic rings. The first-order valence-corrected chi connectivity index (χ1v) is 6.43. The van der Waals surface area contributed by atoms with Gasteiger partial charge in [-0.05, 0) is 43.5 Å². The number of aryl methyl sites for hydroxylation is 1. The highest BCUT2D eigenvalue weighted by Crippen LogP contribution is 2.22. The van der Waals surface area contributed by atoms with E-state index in [0.29, 0.717) is 11.3 Å². The number of carbonyl (C=O) groups excluding carboxylic acids is 1. The first-order valence-electron chi connectivity index (χ1n) is 6.43. The van der Waals surface area contributed by atoms with Gasteiger partial charge in [-0.15, -0.1) is 0 Å². The molecule has 1 fully saturated rings. The van der Waals surface area contributed by atoms with Crippen molar-refractivity contribution in [3.05, 3.63) is 23.8 Å². The van der Waals surface area contributed by atoms with Gasteiger partial charge in [0, 0.05) is 6.04 Å². The smallest absolute Gasteiger partial charge is 0.412 e. The summed E-state index contributed by atoms with van der Waals surface area (Å²) in [4.78, 5) is 11.7. The first-order chi connectivity index (χ1) is 8.65. The second-order valence-electron chi connectivity index (χ2n) is 4.82. The molecule has 0 aromatic heterocycles. The summed E-state index contributed by atoms with van der Waals surface area (Å²) in [5.74, 6) is 0.661. The van der Waals surface area contributed by atoms with Crippen LogP contribution >= 0.6 is 0 Å². The number of amides is 1. The summed E-state index contributed by atoms with van der Waals surface area (Å²) in [6, 6.07) is 5.00. The van der Waals surface area contributed by atoms with Crippen molar-refractivity contribution in [3.63, 3.8) is 0 Å². The van der Waals surface area contributed by atoms with Crippen molar-refractivity contribution >= 4 is 6.09 Å². The lowest BCUT2D eigenvalue weighted by atomic mass is 9.96. The van der Waals surface area contributed by atoms with E-state index in [1.807, 2.05) is 0 Å². The molecule has 1 aliphatic carbocycles. The van der Waals surface area contributed by atoms with Crippen molar-refractivity contribution in [2.24, 2.45) is 0 Å². The van der Waals surface area contributed by atoms with Crippen LogP contribution in [0.4, 0.5) is 4.79 Å². The number of hydrogen-bond donors (Lipinski definition) is 2. The average molecular weight is 249 g/mol. The molecule has 18 heavy (non-hydrogen) atoms. The number of nitrogens with one attached hydrogen (secondary N) is 1. The van der Waals surface area contributed by atoms with E-state index in [2.05, 4.69) is 5.32 Å². The maximum absolute atomic E-state index is 11.7. The highest BCUT2D eigenvalue weighted by Gasteiger charge is 2.16. The van der Waals surface area contributed by atoms with E-state index in [1.54, 1.807) is 19.1 Å². The van der Waals surface area contributed by atoms with Crippen LogP contribution in [0.2, 0.25) is 0 Å². The van der Waals surface area contributed by atoms with Gasteiger partial charge in [0.1, 0.15) is 11.5 Å². The summed E-state index contributed by atoms with van der Waals surface area (Å²) >= 11 is 0. The van der Waals surface area contributed by atoms with Crippen LogP contribution in [0.25, 0.3) is 0 Å². The molecule has 1 aromatic carbocycles. The molecule has 98 valence electrons. The quantitative estimate of drug-likeness (QED) is 0.846. The monoisotopic (exact) mass is 249 g/mol. The molecular formula is C14H19NO3. The Kier molecular flexibility index (Phi) is 4.07. The number of ether oxygens (including phenoxy) is 1. The predicted molar refractivity (Wildman–Crippen MR) is 68.9 cm³/mol. The summed E-state index contributed by atoms with van der Waals surface area (Å²) in [5.41, 5.74) is 0.693. The predicted octanol–water partition coefficient (Wildman–Crippen LogP) is 3.12. The van der Waals surface area contributed by atoms with E-state index >= 15 is 0 Å². The molecule has 0 unspecified atom stereocenters. The molecule has 0 atom stereocenters. The van der Waals surface area contributed by atoms with Crippen LogP contribution in [-0.2, 0) is 0 Å².